The van der Waals surface area contributed by atoms with Gasteiger partial charge in [0.1, 0.15) is 11.1 Å². The summed E-state index contributed by atoms with van der Waals surface area (Å²) in [5.74, 6) is -0.847. The summed E-state index contributed by atoms with van der Waals surface area (Å²) >= 11 is 0. The first-order valence-corrected chi connectivity index (χ1v) is 7.97. The van der Waals surface area contributed by atoms with Gasteiger partial charge in [-0.05, 0) is 37.5 Å². The zero-order valence-corrected chi connectivity index (χ0v) is 11.6. The van der Waals surface area contributed by atoms with Gasteiger partial charge in [0.2, 0.25) is 5.91 Å². The maximum atomic E-state index is 12.9. The van der Waals surface area contributed by atoms with Gasteiger partial charge in [-0.15, -0.1) is 0 Å². The van der Waals surface area contributed by atoms with Gasteiger partial charge in [0, 0.05) is 6.26 Å². The van der Waals surface area contributed by atoms with Gasteiger partial charge in [0.15, 0.2) is 9.84 Å². The number of hydrogen-bond acceptors (Lipinski definition) is 3. The zero-order valence-electron chi connectivity index (χ0n) is 10.8. The van der Waals surface area contributed by atoms with Crippen LogP contribution in [0, 0.1) is 5.82 Å². The molecule has 1 atom stereocenters. The Morgan fingerprint density at radius 3 is 2.26 bits per heavy atom. The number of nitrogens with one attached hydrogen (secondary N) is 1. The number of benzene rings is 1. The van der Waals surface area contributed by atoms with Gasteiger partial charge < -0.3 is 5.32 Å². The molecule has 0 saturated heterocycles. The molecular weight excluding hydrogens is 269 g/mol. The third-order valence-electron chi connectivity index (χ3n) is 3.52. The molecule has 6 heteroatoms. The minimum absolute atomic E-state index is 0.338. The molecule has 0 spiro atoms. The van der Waals surface area contributed by atoms with E-state index in [1.807, 2.05) is 0 Å². The Morgan fingerprint density at radius 1 is 1.32 bits per heavy atom. The summed E-state index contributed by atoms with van der Waals surface area (Å²) in [6.07, 6.45) is 2.51. The van der Waals surface area contributed by atoms with Gasteiger partial charge in [-0.25, -0.2) is 12.8 Å². The Labute approximate surface area is 111 Å². The summed E-state index contributed by atoms with van der Waals surface area (Å²) < 4.78 is 35.6. The highest BCUT2D eigenvalue weighted by Crippen LogP contribution is 2.45. The van der Waals surface area contributed by atoms with E-state index in [0.717, 1.165) is 24.7 Å². The molecule has 1 N–H and O–H groups in total. The molecule has 1 amide bonds. The molecule has 4 nitrogen and oxygen atoms in total. The molecule has 0 aromatic heterocycles. The van der Waals surface area contributed by atoms with Crippen molar-refractivity contribution in [2.45, 2.75) is 30.6 Å². The fraction of sp³-hybridized carbons (Fsp3) is 0.462. The van der Waals surface area contributed by atoms with Crippen LogP contribution in [0.2, 0.25) is 0 Å². The van der Waals surface area contributed by atoms with Gasteiger partial charge in [-0.3, -0.25) is 4.79 Å². The average molecular weight is 285 g/mol. The molecule has 1 fully saturated rings. The highest BCUT2D eigenvalue weighted by Gasteiger charge is 2.46. The van der Waals surface area contributed by atoms with Crippen molar-refractivity contribution in [2.24, 2.45) is 0 Å². The molecule has 1 saturated carbocycles. The van der Waals surface area contributed by atoms with Crippen LogP contribution in [0.4, 0.5) is 4.39 Å². The van der Waals surface area contributed by atoms with E-state index in [4.69, 9.17) is 0 Å². The number of rotatable bonds is 4. The Balaban J connectivity index is 2.15. The molecule has 1 aromatic rings. The Morgan fingerprint density at radius 2 is 1.84 bits per heavy atom. The molecule has 2 rings (SSSR count). The van der Waals surface area contributed by atoms with Crippen LogP contribution in [0.3, 0.4) is 0 Å². The first kappa shape index (κ1) is 14.0. The van der Waals surface area contributed by atoms with E-state index in [1.54, 1.807) is 12.1 Å². The van der Waals surface area contributed by atoms with E-state index in [2.05, 4.69) is 5.32 Å². The van der Waals surface area contributed by atoms with Gasteiger partial charge in [-0.2, -0.15) is 0 Å². The molecule has 19 heavy (non-hydrogen) atoms. The van der Waals surface area contributed by atoms with E-state index in [9.17, 15) is 17.6 Å². The number of amides is 1. The smallest absolute Gasteiger partial charge is 0.238 e. The topological polar surface area (TPSA) is 63.2 Å². The van der Waals surface area contributed by atoms with Crippen molar-refractivity contribution in [3.8, 4) is 0 Å². The zero-order chi connectivity index (χ0) is 14.3. The molecule has 1 aliphatic carbocycles. The van der Waals surface area contributed by atoms with Crippen LogP contribution in [-0.2, 0) is 20.2 Å². The van der Waals surface area contributed by atoms with Crippen molar-refractivity contribution >= 4 is 15.7 Å². The van der Waals surface area contributed by atoms with Gasteiger partial charge in [0.05, 0.1) is 5.54 Å². The molecular formula is C13H16FNO3S. The summed E-state index contributed by atoms with van der Waals surface area (Å²) in [6, 6.07) is 5.91. The van der Waals surface area contributed by atoms with Gasteiger partial charge in [0.25, 0.3) is 0 Å². The van der Waals surface area contributed by atoms with E-state index in [1.165, 1.54) is 19.1 Å². The van der Waals surface area contributed by atoms with Crippen molar-refractivity contribution in [1.82, 2.24) is 5.32 Å². The van der Waals surface area contributed by atoms with Gasteiger partial charge in [-0.1, -0.05) is 12.1 Å². The third-order valence-corrected chi connectivity index (χ3v) is 5.02. The maximum absolute atomic E-state index is 12.9. The molecule has 1 aromatic carbocycles. The Bertz CT molecular complexity index is 591. The second-order valence-corrected chi connectivity index (χ2v) is 7.42. The predicted octanol–water partition coefficient (Wildman–Crippen LogP) is 1.36. The summed E-state index contributed by atoms with van der Waals surface area (Å²) in [4.78, 5) is 11.9. The van der Waals surface area contributed by atoms with Crippen LogP contribution in [-0.4, -0.2) is 25.8 Å². The van der Waals surface area contributed by atoms with Crippen molar-refractivity contribution < 1.29 is 17.6 Å². The molecule has 0 radical (unpaired) electrons. The quantitative estimate of drug-likeness (QED) is 0.908. The predicted molar refractivity (Wildman–Crippen MR) is 69.8 cm³/mol. The second kappa shape index (κ2) is 4.59. The normalized spacial score (nSPS) is 18.7. The lowest BCUT2D eigenvalue weighted by Crippen LogP contribution is -2.43. The average Bonchev–Trinajstić information content (AvgIpc) is 3.08. The lowest BCUT2D eigenvalue weighted by Gasteiger charge is -2.20. The Hall–Kier alpha value is -1.43. The minimum Gasteiger partial charge on any atom is -0.345 e. The lowest BCUT2D eigenvalue weighted by molar-refractivity contribution is -0.121. The van der Waals surface area contributed by atoms with Crippen LogP contribution in [0.1, 0.15) is 25.3 Å². The van der Waals surface area contributed by atoms with Crippen molar-refractivity contribution in [3.63, 3.8) is 0 Å². The molecule has 104 valence electrons. The number of sulfone groups is 1. The summed E-state index contributed by atoms with van der Waals surface area (Å²) in [5.41, 5.74) is 0.284. The third kappa shape index (κ3) is 2.94. The molecule has 0 unspecified atom stereocenters. The molecule has 0 bridgehead atoms. The van der Waals surface area contributed by atoms with Crippen LogP contribution in [0.15, 0.2) is 24.3 Å². The van der Waals surface area contributed by atoms with Crippen LogP contribution in [0.25, 0.3) is 0 Å². The van der Waals surface area contributed by atoms with Crippen molar-refractivity contribution in [3.05, 3.63) is 35.6 Å². The van der Waals surface area contributed by atoms with Crippen LogP contribution < -0.4 is 5.32 Å². The fourth-order valence-corrected chi connectivity index (χ4v) is 2.36. The highest BCUT2D eigenvalue weighted by atomic mass is 32.2. The first-order chi connectivity index (χ1) is 8.74. The fourth-order valence-electron chi connectivity index (χ4n) is 1.91. The number of hydrogen-bond donors (Lipinski definition) is 1. The number of halogens is 1. The molecule has 0 aliphatic heterocycles. The van der Waals surface area contributed by atoms with Crippen molar-refractivity contribution in [1.29, 1.82) is 0 Å². The molecule has 0 heterocycles. The van der Waals surface area contributed by atoms with Crippen LogP contribution >= 0.6 is 0 Å². The van der Waals surface area contributed by atoms with E-state index >= 15 is 0 Å². The monoisotopic (exact) mass is 285 g/mol. The van der Waals surface area contributed by atoms with Crippen molar-refractivity contribution in [2.75, 3.05) is 6.26 Å². The minimum atomic E-state index is -3.41. The molecule has 1 aliphatic rings. The summed E-state index contributed by atoms with van der Waals surface area (Å²) in [6.45, 7) is 1.37. The van der Waals surface area contributed by atoms with E-state index < -0.39 is 26.5 Å². The number of carbonyl (C=O) groups excluding carboxylic acids is 1. The van der Waals surface area contributed by atoms with Crippen LogP contribution in [0.5, 0.6) is 0 Å². The summed E-state index contributed by atoms with van der Waals surface area (Å²) in [5, 5.41) is 1.69. The summed E-state index contributed by atoms with van der Waals surface area (Å²) in [7, 11) is -3.41. The maximum Gasteiger partial charge on any atom is 0.238 e. The first-order valence-electron chi connectivity index (χ1n) is 6.01. The van der Waals surface area contributed by atoms with E-state index in [-0.39, 0.29) is 5.82 Å². The number of carbonyl (C=O) groups is 1. The standard InChI is InChI=1S/C13H16FNO3S/c1-9(19(2,17)18)12(16)15-13(7-8-13)10-3-5-11(14)6-4-10/h3-6,9H,7-8H2,1-2H3,(H,15,16)/t9-/m1/s1. The SMILES string of the molecule is C[C@H](C(=O)NC1(c2ccc(F)cc2)CC1)S(C)(=O)=O. The lowest BCUT2D eigenvalue weighted by atomic mass is 10.0. The second-order valence-electron chi connectivity index (χ2n) is 5.05. The highest BCUT2D eigenvalue weighted by molar-refractivity contribution is 7.92. The largest absolute Gasteiger partial charge is 0.345 e. The van der Waals surface area contributed by atoms with Gasteiger partial charge >= 0.3 is 0 Å². The van der Waals surface area contributed by atoms with E-state index in [0.29, 0.717) is 0 Å². The Kier molecular flexibility index (Phi) is 3.38.